The number of hydrogen-bond acceptors (Lipinski definition) is 7. The van der Waals surface area contributed by atoms with Crippen LogP contribution in [0.5, 0.6) is 5.75 Å². The summed E-state index contributed by atoms with van der Waals surface area (Å²) in [6.45, 7) is 2.82. The summed E-state index contributed by atoms with van der Waals surface area (Å²) in [6.07, 6.45) is 0. The molecule has 0 saturated carbocycles. The fraction of sp³-hybridized carbons (Fsp3) is 0.350. The molecule has 166 valence electrons. The van der Waals surface area contributed by atoms with Crippen LogP contribution in [0.3, 0.4) is 0 Å². The first-order valence-corrected chi connectivity index (χ1v) is 11.9. The predicted molar refractivity (Wildman–Crippen MR) is 117 cm³/mol. The van der Waals surface area contributed by atoms with Crippen LogP contribution in [0.2, 0.25) is 0 Å². The molecule has 11 heteroatoms. The number of carbonyl (C=O) groups is 1. The summed E-state index contributed by atoms with van der Waals surface area (Å²) < 4.78 is 32.1. The Kier molecular flexibility index (Phi) is 7.19. The molecule has 0 aliphatic carbocycles. The topological polar surface area (TPSA) is 110 Å². The van der Waals surface area contributed by atoms with Crippen LogP contribution >= 0.6 is 11.8 Å². The first kappa shape index (κ1) is 23.0. The Labute approximate surface area is 185 Å². The van der Waals surface area contributed by atoms with Gasteiger partial charge in [0.25, 0.3) is 5.69 Å². The van der Waals surface area contributed by atoms with Crippen LogP contribution in [0, 0.1) is 10.1 Å². The second-order valence-corrected chi connectivity index (χ2v) is 10.3. The average molecular weight is 466 g/mol. The van der Waals surface area contributed by atoms with E-state index in [0.29, 0.717) is 18.8 Å². The van der Waals surface area contributed by atoms with E-state index in [1.807, 2.05) is 0 Å². The zero-order chi connectivity index (χ0) is 22.6. The van der Waals surface area contributed by atoms with Crippen molar-refractivity contribution < 1.29 is 22.9 Å². The van der Waals surface area contributed by atoms with E-state index in [9.17, 15) is 23.3 Å². The van der Waals surface area contributed by atoms with E-state index >= 15 is 0 Å². The van der Waals surface area contributed by atoms with Gasteiger partial charge in [-0.25, -0.2) is 8.42 Å². The van der Waals surface area contributed by atoms with Crippen LogP contribution in [0.15, 0.2) is 58.3 Å². The molecule has 1 aliphatic rings. The number of nitro benzene ring substituents is 1. The number of thioether (sulfide) groups is 1. The van der Waals surface area contributed by atoms with Crippen LogP contribution in [0.25, 0.3) is 0 Å². The minimum atomic E-state index is -3.64. The Balaban J connectivity index is 1.57. The molecule has 0 radical (unpaired) electrons. The highest BCUT2D eigenvalue weighted by Gasteiger charge is 2.31. The van der Waals surface area contributed by atoms with Gasteiger partial charge in [-0.3, -0.25) is 14.9 Å². The maximum atomic E-state index is 12.8. The number of nitrogens with zero attached hydrogens (tertiary/aromatic N) is 3. The molecule has 2 aromatic carbocycles. The van der Waals surface area contributed by atoms with Crippen LogP contribution in [-0.2, 0) is 14.8 Å². The lowest BCUT2D eigenvalue weighted by Gasteiger charge is -2.35. The molecule has 1 heterocycles. The van der Waals surface area contributed by atoms with Gasteiger partial charge in [-0.1, -0.05) is 0 Å². The number of sulfonamides is 1. The van der Waals surface area contributed by atoms with E-state index in [1.54, 1.807) is 36.1 Å². The maximum absolute atomic E-state index is 12.8. The van der Waals surface area contributed by atoms with E-state index < -0.39 is 20.2 Å². The Morgan fingerprint density at radius 1 is 1.06 bits per heavy atom. The smallest absolute Gasteiger partial charge is 0.269 e. The van der Waals surface area contributed by atoms with Crippen molar-refractivity contribution in [3.05, 3.63) is 58.6 Å². The largest absolute Gasteiger partial charge is 0.497 e. The lowest BCUT2D eigenvalue weighted by atomic mass is 10.3. The third-order valence-corrected chi connectivity index (χ3v) is 7.97. The normalized spacial score (nSPS) is 16.0. The Morgan fingerprint density at radius 2 is 1.65 bits per heavy atom. The number of rotatable bonds is 7. The average Bonchev–Trinajstić information content (AvgIpc) is 2.79. The number of piperazine rings is 1. The predicted octanol–water partition coefficient (Wildman–Crippen LogP) is 2.62. The summed E-state index contributed by atoms with van der Waals surface area (Å²) in [7, 11) is -2.12. The van der Waals surface area contributed by atoms with E-state index in [1.165, 1.54) is 47.4 Å². The monoisotopic (exact) mass is 465 g/mol. The van der Waals surface area contributed by atoms with Crippen LogP contribution in [0.4, 0.5) is 5.69 Å². The lowest BCUT2D eigenvalue weighted by molar-refractivity contribution is -0.384. The quantitative estimate of drug-likeness (QED) is 0.351. The Hall–Kier alpha value is -2.63. The summed E-state index contributed by atoms with van der Waals surface area (Å²) in [4.78, 5) is 25.7. The van der Waals surface area contributed by atoms with Gasteiger partial charge in [-0.2, -0.15) is 4.31 Å². The van der Waals surface area contributed by atoms with Gasteiger partial charge in [0.1, 0.15) is 5.75 Å². The molecule has 1 fully saturated rings. The third-order valence-electron chi connectivity index (χ3n) is 4.96. The highest BCUT2D eigenvalue weighted by Crippen LogP contribution is 2.27. The lowest BCUT2D eigenvalue weighted by Crippen LogP contribution is -2.52. The Morgan fingerprint density at radius 3 is 2.16 bits per heavy atom. The van der Waals surface area contributed by atoms with E-state index in [4.69, 9.17) is 4.74 Å². The van der Waals surface area contributed by atoms with Crippen LogP contribution in [-0.4, -0.2) is 67.0 Å². The number of non-ortho nitro benzene ring substituents is 1. The molecular formula is C20H23N3O6S2. The highest BCUT2D eigenvalue weighted by atomic mass is 32.2. The SMILES string of the molecule is COc1ccc(S(=O)(=O)N2CCN(C(=O)C(C)Sc3ccc([N+](=O)[O-])cc3)CC2)cc1. The van der Waals surface area contributed by atoms with E-state index in [2.05, 4.69) is 0 Å². The van der Waals surface area contributed by atoms with E-state index in [0.717, 1.165) is 4.90 Å². The van der Waals surface area contributed by atoms with Crippen molar-refractivity contribution in [3.63, 3.8) is 0 Å². The summed E-state index contributed by atoms with van der Waals surface area (Å²) in [5.41, 5.74) is -0.00230. The van der Waals surface area contributed by atoms with Gasteiger partial charge in [0.05, 0.1) is 22.2 Å². The van der Waals surface area contributed by atoms with Gasteiger partial charge in [0.2, 0.25) is 15.9 Å². The number of ether oxygens (including phenoxy) is 1. The highest BCUT2D eigenvalue weighted by molar-refractivity contribution is 8.00. The van der Waals surface area contributed by atoms with Gasteiger partial charge in [0.15, 0.2) is 0 Å². The van der Waals surface area contributed by atoms with Gasteiger partial charge in [-0.15, -0.1) is 11.8 Å². The molecule has 0 aromatic heterocycles. The molecule has 1 atom stereocenters. The summed E-state index contributed by atoms with van der Waals surface area (Å²) in [5, 5.41) is 10.4. The molecule has 3 rings (SSSR count). The van der Waals surface area contributed by atoms with Crippen molar-refractivity contribution in [3.8, 4) is 5.75 Å². The van der Waals surface area contributed by atoms with Gasteiger partial charge < -0.3 is 9.64 Å². The van der Waals surface area contributed by atoms with Crippen molar-refractivity contribution in [2.75, 3.05) is 33.3 Å². The number of methoxy groups -OCH3 is 1. The van der Waals surface area contributed by atoms with Gasteiger partial charge in [0, 0.05) is 43.2 Å². The van der Waals surface area contributed by atoms with Crippen molar-refractivity contribution in [2.45, 2.75) is 22.0 Å². The molecule has 0 N–H and O–H groups in total. The molecule has 1 aliphatic heterocycles. The minimum absolute atomic E-state index is 0.00230. The first-order chi connectivity index (χ1) is 14.7. The third kappa shape index (κ3) is 5.35. The summed E-state index contributed by atoms with van der Waals surface area (Å²) >= 11 is 1.31. The maximum Gasteiger partial charge on any atom is 0.269 e. The van der Waals surface area contributed by atoms with Gasteiger partial charge in [-0.05, 0) is 43.3 Å². The number of carbonyl (C=O) groups excluding carboxylic acids is 1. The number of nitro groups is 1. The zero-order valence-corrected chi connectivity index (χ0v) is 18.8. The number of amides is 1. The minimum Gasteiger partial charge on any atom is -0.497 e. The van der Waals surface area contributed by atoms with E-state index in [-0.39, 0.29) is 29.6 Å². The van der Waals surface area contributed by atoms with Crippen molar-refractivity contribution >= 4 is 33.4 Å². The first-order valence-electron chi connectivity index (χ1n) is 9.56. The van der Waals surface area contributed by atoms with Crippen LogP contribution in [0.1, 0.15) is 6.92 Å². The molecule has 1 unspecified atom stereocenters. The fourth-order valence-corrected chi connectivity index (χ4v) is 5.58. The molecule has 0 spiro atoms. The molecular weight excluding hydrogens is 442 g/mol. The summed E-state index contributed by atoms with van der Waals surface area (Å²) in [6, 6.07) is 12.3. The molecule has 0 bridgehead atoms. The van der Waals surface area contributed by atoms with Crippen molar-refractivity contribution in [2.24, 2.45) is 0 Å². The molecule has 31 heavy (non-hydrogen) atoms. The molecule has 9 nitrogen and oxygen atoms in total. The van der Waals surface area contributed by atoms with Crippen LogP contribution < -0.4 is 4.74 Å². The molecule has 1 amide bonds. The zero-order valence-electron chi connectivity index (χ0n) is 17.1. The number of benzene rings is 2. The number of hydrogen-bond donors (Lipinski definition) is 0. The molecule has 2 aromatic rings. The van der Waals surface area contributed by atoms with Gasteiger partial charge >= 0.3 is 0 Å². The van der Waals surface area contributed by atoms with Crippen molar-refractivity contribution in [1.82, 2.24) is 9.21 Å². The second kappa shape index (κ2) is 9.67. The van der Waals surface area contributed by atoms with Crippen molar-refractivity contribution in [1.29, 1.82) is 0 Å². The second-order valence-electron chi connectivity index (χ2n) is 6.92. The molecule has 1 saturated heterocycles. The fourth-order valence-electron chi connectivity index (χ4n) is 3.20. The summed E-state index contributed by atoms with van der Waals surface area (Å²) in [5.74, 6) is 0.485. The standard InChI is InChI=1S/C20H23N3O6S2/c1-15(30-18-7-3-16(4-8-18)23(25)26)20(24)21-11-13-22(14-12-21)31(27,28)19-9-5-17(29-2)6-10-19/h3-10,15H,11-14H2,1-2H3. The Bertz CT molecular complexity index is 1030.